The smallest absolute Gasteiger partial charge is 0.273 e. The predicted octanol–water partition coefficient (Wildman–Crippen LogP) is 4.35. The van der Waals surface area contributed by atoms with Crippen LogP contribution in [-0.2, 0) is 19.6 Å². The van der Waals surface area contributed by atoms with E-state index in [0.29, 0.717) is 36.6 Å². The van der Waals surface area contributed by atoms with Gasteiger partial charge in [-0.1, -0.05) is 49.7 Å². The summed E-state index contributed by atoms with van der Waals surface area (Å²) in [5, 5.41) is 2.85. The number of carbonyl (C=O) groups is 1. The van der Waals surface area contributed by atoms with Crippen LogP contribution in [0.1, 0.15) is 53.8 Å². The van der Waals surface area contributed by atoms with Crippen LogP contribution in [0, 0.1) is 12.8 Å². The molecule has 0 fully saturated rings. The maximum Gasteiger partial charge on any atom is 0.273 e. The van der Waals surface area contributed by atoms with Gasteiger partial charge in [-0.15, -0.1) is 0 Å². The number of oxazole rings is 1. The van der Waals surface area contributed by atoms with Gasteiger partial charge < -0.3 is 9.73 Å². The quantitative estimate of drug-likeness (QED) is 0.572. The van der Waals surface area contributed by atoms with Gasteiger partial charge in [0.2, 0.25) is 5.89 Å². The first-order valence-corrected chi connectivity index (χ1v) is 10.3. The second-order valence-corrected chi connectivity index (χ2v) is 8.05. The molecular formula is C24H30N4O2. The molecule has 0 aliphatic heterocycles. The lowest BCUT2D eigenvalue weighted by atomic mass is 10.0. The minimum Gasteiger partial charge on any atom is -0.447 e. The molecule has 1 aromatic carbocycles. The Labute approximate surface area is 178 Å². The fraction of sp³-hybridized carbons (Fsp3) is 0.375. The van der Waals surface area contributed by atoms with Crippen LogP contribution in [0.25, 0.3) is 0 Å². The van der Waals surface area contributed by atoms with E-state index < -0.39 is 0 Å². The highest BCUT2D eigenvalue weighted by Gasteiger charge is 2.21. The highest BCUT2D eigenvalue weighted by molar-refractivity contribution is 5.91. The number of benzene rings is 1. The number of nitrogens with one attached hydrogen (secondary N) is 1. The molecular weight excluding hydrogens is 376 g/mol. The summed E-state index contributed by atoms with van der Waals surface area (Å²) >= 11 is 0. The highest BCUT2D eigenvalue weighted by atomic mass is 16.3. The Balaban J connectivity index is 1.66. The number of hydrogen-bond acceptors (Lipinski definition) is 5. The normalized spacial score (nSPS) is 12.3. The Hall–Kier alpha value is -2.99. The van der Waals surface area contributed by atoms with E-state index in [0.717, 1.165) is 12.1 Å². The van der Waals surface area contributed by atoms with E-state index in [1.807, 2.05) is 12.1 Å². The van der Waals surface area contributed by atoms with Gasteiger partial charge >= 0.3 is 0 Å². The number of pyridine rings is 1. The Morgan fingerprint density at radius 3 is 2.63 bits per heavy atom. The summed E-state index contributed by atoms with van der Waals surface area (Å²) < 4.78 is 5.63. The first-order valence-electron chi connectivity index (χ1n) is 10.3. The van der Waals surface area contributed by atoms with Gasteiger partial charge in [0.1, 0.15) is 6.26 Å². The molecule has 30 heavy (non-hydrogen) atoms. The van der Waals surface area contributed by atoms with Gasteiger partial charge in [-0.05, 0) is 37.0 Å². The third-order valence-corrected chi connectivity index (χ3v) is 5.31. The number of carbonyl (C=O) groups excluding carboxylic acids is 1. The molecule has 6 nitrogen and oxygen atoms in total. The molecule has 0 saturated carbocycles. The van der Waals surface area contributed by atoms with Gasteiger partial charge in [-0.2, -0.15) is 0 Å². The van der Waals surface area contributed by atoms with E-state index in [-0.39, 0.29) is 5.91 Å². The zero-order valence-electron chi connectivity index (χ0n) is 18.1. The summed E-state index contributed by atoms with van der Waals surface area (Å²) in [6.07, 6.45) is 4.86. The van der Waals surface area contributed by atoms with Crippen molar-refractivity contribution in [3.8, 4) is 0 Å². The molecule has 1 N–H and O–H groups in total. The topological polar surface area (TPSA) is 71.3 Å². The number of nitrogens with zero attached hydrogens (tertiary/aromatic N) is 3. The molecule has 0 aliphatic carbocycles. The molecule has 3 rings (SSSR count). The molecule has 0 aliphatic rings. The molecule has 0 spiro atoms. The number of hydrogen-bond donors (Lipinski definition) is 1. The number of amides is 1. The van der Waals surface area contributed by atoms with Crippen molar-refractivity contribution in [1.82, 2.24) is 20.2 Å². The van der Waals surface area contributed by atoms with E-state index in [2.05, 4.69) is 72.1 Å². The average Bonchev–Trinajstić information content (AvgIpc) is 3.20. The summed E-state index contributed by atoms with van der Waals surface area (Å²) in [5.41, 5.74) is 3.73. The van der Waals surface area contributed by atoms with E-state index in [1.54, 1.807) is 12.4 Å². The number of aryl methyl sites for hydroxylation is 1. The van der Waals surface area contributed by atoms with Gasteiger partial charge in [0.15, 0.2) is 5.69 Å². The van der Waals surface area contributed by atoms with Gasteiger partial charge in [-0.25, -0.2) is 4.98 Å². The minimum atomic E-state index is -0.254. The molecule has 1 amide bonds. The standard InChI is InChI=1S/C24H30N4O2/c1-17(2)19(4)28(14-20-8-5-7-18(3)11-20)15-23-27-22(16-30-23)24(29)26-13-21-9-6-10-25-12-21/h5-12,16-17,19H,13-15H2,1-4H3,(H,26,29)/t19-/m1/s1. The van der Waals surface area contributed by atoms with E-state index in [4.69, 9.17) is 4.42 Å². The Kier molecular flexibility index (Phi) is 7.36. The fourth-order valence-corrected chi connectivity index (χ4v) is 3.25. The second kappa shape index (κ2) is 10.2. The Morgan fingerprint density at radius 2 is 1.93 bits per heavy atom. The molecule has 0 unspecified atom stereocenters. The van der Waals surface area contributed by atoms with E-state index in [1.165, 1.54) is 17.4 Å². The monoisotopic (exact) mass is 406 g/mol. The van der Waals surface area contributed by atoms with Crippen molar-refractivity contribution in [2.45, 2.75) is 53.4 Å². The lowest BCUT2D eigenvalue weighted by molar-refractivity contribution is 0.0945. The molecule has 6 heteroatoms. The lowest BCUT2D eigenvalue weighted by Gasteiger charge is -2.30. The Bertz CT molecular complexity index is 953. The second-order valence-electron chi connectivity index (χ2n) is 8.05. The van der Waals surface area contributed by atoms with Crippen LogP contribution in [0.2, 0.25) is 0 Å². The summed E-state index contributed by atoms with van der Waals surface area (Å²) in [6, 6.07) is 12.6. The first-order chi connectivity index (χ1) is 14.4. The van der Waals surface area contributed by atoms with Crippen molar-refractivity contribution in [1.29, 1.82) is 0 Å². The van der Waals surface area contributed by atoms with Crippen LogP contribution < -0.4 is 5.32 Å². The molecule has 0 radical (unpaired) electrons. The maximum absolute atomic E-state index is 12.4. The summed E-state index contributed by atoms with van der Waals surface area (Å²) in [5.74, 6) is 0.768. The van der Waals surface area contributed by atoms with E-state index >= 15 is 0 Å². The SMILES string of the molecule is Cc1cccc(CN(Cc2nc(C(=O)NCc3cccnc3)co2)[C@H](C)C(C)C)c1. The van der Waals surface area contributed by atoms with Crippen LogP contribution in [0.3, 0.4) is 0 Å². The average molecular weight is 407 g/mol. The zero-order chi connectivity index (χ0) is 21.5. The predicted molar refractivity (Wildman–Crippen MR) is 117 cm³/mol. The van der Waals surface area contributed by atoms with Crippen LogP contribution >= 0.6 is 0 Å². The van der Waals surface area contributed by atoms with Gasteiger partial charge in [0.05, 0.1) is 6.54 Å². The van der Waals surface area contributed by atoms with Crippen molar-refractivity contribution < 1.29 is 9.21 Å². The van der Waals surface area contributed by atoms with Gasteiger partial charge in [-0.3, -0.25) is 14.7 Å². The molecule has 3 aromatic rings. The van der Waals surface area contributed by atoms with Gasteiger partial charge in [0.25, 0.3) is 5.91 Å². The number of rotatable bonds is 9. The van der Waals surface area contributed by atoms with Crippen molar-refractivity contribution >= 4 is 5.91 Å². The van der Waals surface area contributed by atoms with Gasteiger partial charge in [0, 0.05) is 31.5 Å². The summed E-state index contributed by atoms with van der Waals surface area (Å²) in [7, 11) is 0. The van der Waals surface area contributed by atoms with Crippen LogP contribution in [0.15, 0.2) is 59.5 Å². The third kappa shape index (κ3) is 6.00. The van der Waals surface area contributed by atoms with Crippen LogP contribution in [0.5, 0.6) is 0 Å². The molecule has 2 heterocycles. The van der Waals surface area contributed by atoms with Crippen LogP contribution in [-0.4, -0.2) is 26.8 Å². The highest BCUT2D eigenvalue weighted by Crippen LogP contribution is 2.18. The maximum atomic E-state index is 12.4. The first kappa shape index (κ1) is 21.7. The molecule has 1 atom stereocenters. The fourth-order valence-electron chi connectivity index (χ4n) is 3.25. The molecule has 0 saturated heterocycles. The van der Waals surface area contributed by atoms with Crippen molar-refractivity contribution in [3.63, 3.8) is 0 Å². The van der Waals surface area contributed by atoms with Crippen molar-refractivity contribution in [2.75, 3.05) is 0 Å². The molecule has 158 valence electrons. The lowest BCUT2D eigenvalue weighted by Crippen LogP contribution is -2.36. The zero-order valence-corrected chi connectivity index (χ0v) is 18.1. The summed E-state index contributed by atoms with van der Waals surface area (Å²) in [4.78, 5) is 23.2. The third-order valence-electron chi connectivity index (χ3n) is 5.31. The summed E-state index contributed by atoms with van der Waals surface area (Å²) in [6.45, 7) is 10.5. The van der Waals surface area contributed by atoms with E-state index in [9.17, 15) is 4.79 Å². The Morgan fingerprint density at radius 1 is 1.13 bits per heavy atom. The largest absolute Gasteiger partial charge is 0.447 e. The van der Waals surface area contributed by atoms with Crippen LogP contribution in [0.4, 0.5) is 0 Å². The van der Waals surface area contributed by atoms with Crippen molar-refractivity contribution in [3.05, 3.63) is 83.3 Å². The minimum absolute atomic E-state index is 0.254. The van der Waals surface area contributed by atoms with Crippen molar-refractivity contribution in [2.24, 2.45) is 5.92 Å². The molecule has 0 bridgehead atoms. The molecule has 2 aromatic heterocycles. The number of aromatic nitrogens is 2.